The van der Waals surface area contributed by atoms with Gasteiger partial charge in [0.25, 0.3) is 0 Å². The Labute approximate surface area is 145 Å². The highest BCUT2D eigenvalue weighted by Gasteiger charge is 2.21. The number of nitrogens with zero attached hydrogens (tertiary/aromatic N) is 1. The van der Waals surface area contributed by atoms with E-state index in [-0.39, 0.29) is 18.4 Å². The van der Waals surface area contributed by atoms with Crippen molar-refractivity contribution in [2.75, 3.05) is 16.8 Å². The highest BCUT2D eigenvalue weighted by Crippen LogP contribution is 2.27. The van der Waals surface area contributed by atoms with Gasteiger partial charge in [0.2, 0.25) is 11.8 Å². The molecule has 1 N–H and O–H groups in total. The third kappa shape index (κ3) is 4.41. The standard InChI is InChI=1S/C19H20F2N2O2/c1-12(2)14-7-4-5-10-17(14)23(13(3)24)11-18(25)22-19-15(20)8-6-9-16(19)21/h4-10,12H,11H2,1-3H3,(H,22,25). The third-order valence-electron chi connectivity index (χ3n) is 3.76. The van der Waals surface area contributed by atoms with E-state index in [1.165, 1.54) is 17.9 Å². The van der Waals surface area contributed by atoms with Gasteiger partial charge in [0.05, 0.1) is 0 Å². The first-order chi connectivity index (χ1) is 11.8. The second-order valence-corrected chi connectivity index (χ2v) is 5.96. The zero-order valence-corrected chi connectivity index (χ0v) is 14.3. The predicted octanol–water partition coefficient (Wildman–Crippen LogP) is 4.08. The minimum Gasteiger partial charge on any atom is -0.320 e. The normalized spacial score (nSPS) is 10.6. The number of halogens is 2. The van der Waals surface area contributed by atoms with Crippen LogP contribution in [0.3, 0.4) is 0 Å². The highest BCUT2D eigenvalue weighted by molar-refractivity contribution is 6.02. The van der Waals surface area contributed by atoms with Crippen LogP contribution in [0.25, 0.3) is 0 Å². The Balaban J connectivity index is 2.26. The molecule has 2 aromatic rings. The van der Waals surface area contributed by atoms with Gasteiger partial charge in [0.15, 0.2) is 0 Å². The van der Waals surface area contributed by atoms with Crippen LogP contribution >= 0.6 is 0 Å². The summed E-state index contributed by atoms with van der Waals surface area (Å²) in [7, 11) is 0. The molecule has 0 aliphatic heterocycles. The molecule has 0 aliphatic carbocycles. The smallest absolute Gasteiger partial charge is 0.244 e. The number of carbonyl (C=O) groups excluding carboxylic acids is 2. The predicted molar refractivity (Wildman–Crippen MR) is 93.5 cm³/mol. The molecule has 4 nitrogen and oxygen atoms in total. The second-order valence-electron chi connectivity index (χ2n) is 5.96. The van der Waals surface area contributed by atoms with E-state index in [4.69, 9.17) is 0 Å². The van der Waals surface area contributed by atoms with Gasteiger partial charge in [-0.15, -0.1) is 0 Å². The van der Waals surface area contributed by atoms with Gasteiger partial charge in [0, 0.05) is 12.6 Å². The maximum Gasteiger partial charge on any atom is 0.244 e. The maximum atomic E-state index is 13.7. The van der Waals surface area contributed by atoms with Gasteiger partial charge in [-0.3, -0.25) is 9.59 Å². The minimum atomic E-state index is -0.870. The SMILES string of the molecule is CC(=O)N(CC(=O)Nc1c(F)cccc1F)c1ccccc1C(C)C. The third-order valence-corrected chi connectivity index (χ3v) is 3.76. The lowest BCUT2D eigenvalue weighted by Crippen LogP contribution is -2.37. The van der Waals surface area contributed by atoms with E-state index in [1.54, 1.807) is 12.1 Å². The molecule has 0 unspecified atom stereocenters. The minimum absolute atomic E-state index is 0.144. The van der Waals surface area contributed by atoms with Gasteiger partial charge >= 0.3 is 0 Å². The summed E-state index contributed by atoms with van der Waals surface area (Å²) >= 11 is 0. The number of amides is 2. The van der Waals surface area contributed by atoms with E-state index < -0.39 is 23.2 Å². The van der Waals surface area contributed by atoms with Crippen LogP contribution in [0.5, 0.6) is 0 Å². The van der Waals surface area contributed by atoms with Gasteiger partial charge in [-0.25, -0.2) is 8.78 Å². The van der Waals surface area contributed by atoms with Crippen LogP contribution in [-0.2, 0) is 9.59 Å². The van der Waals surface area contributed by atoms with E-state index in [0.717, 1.165) is 17.7 Å². The first-order valence-corrected chi connectivity index (χ1v) is 7.92. The van der Waals surface area contributed by atoms with Crippen LogP contribution in [0.1, 0.15) is 32.3 Å². The summed E-state index contributed by atoms with van der Waals surface area (Å²) < 4.78 is 27.3. The molecule has 2 amide bonds. The Kier molecular flexibility index (Phi) is 5.85. The summed E-state index contributed by atoms with van der Waals surface area (Å²) in [5.41, 5.74) is 0.991. The number of hydrogen-bond donors (Lipinski definition) is 1. The first-order valence-electron chi connectivity index (χ1n) is 7.92. The largest absolute Gasteiger partial charge is 0.320 e. The number of benzene rings is 2. The molecule has 0 aromatic heterocycles. The molecule has 0 radical (unpaired) electrons. The van der Waals surface area contributed by atoms with Crippen molar-refractivity contribution < 1.29 is 18.4 Å². The number of anilines is 2. The van der Waals surface area contributed by atoms with Crippen LogP contribution in [-0.4, -0.2) is 18.4 Å². The van der Waals surface area contributed by atoms with Crippen LogP contribution in [0.15, 0.2) is 42.5 Å². The molecule has 6 heteroatoms. The first kappa shape index (κ1) is 18.6. The molecule has 0 saturated heterocycles. The van der Waals surface area contributed by atoms with Crippen molar-refractivity contribution in [1.29, 1.82) is 0 Å². The zero-order chi connectivity index (χ0) is 18.6. The average molecular weight is 346 g/mol. The molecule has 0 saturated carbocycles. The van der Waals surface area contributed by atoms with Gasteiger partial charge in [-0.2, -0.15) is 0 Å². The van der Waals surface area contributed by atoms with Gasteiger partial charge in [-0.05, 0) is 29.7 Å². The van der Waals surface area contributed by atoms with Crippen molar-refractivity contribution in [3.8, 4) is 0 Å². The lowest BCUT2D eigenvalue weighted by molar-refractivity contribution is -0.120. The summed E-state index contributed by atoms with van der Waals surface area (Å²) in [5, 5.41) is 2.20. The van der Waals surface area contributed by atoms with Gasteiger partial charge < -0.3 is 10.2 Å². The highest BCUT2D eigenvalue weighted by atomic mass is 19.1. The summed E-state index contributed by atoms with van der Waals surface area (Å²) in [6, 6.07) is 10.6. The Hall–Kier alpha value is -2.76. The topological polar surface area (TPSA) is 49.4 Å². The van der Waals surface area contributed by atoms with Crippen molar-refractivity contribution in [1.82, 2.24) is 0 Å². The molecule has 25 heavy (non-hydrogen) atoms. The van der Waals surface area contributed by atoms with E-state index >= 15 is 0 Å². The number of nitrogens with one attached hydrogen (secondary N) is 1. The van der Waals surface area contributed by atoms with E-state index in [9.17, 15) is 18.4 Å². The van der Waals surface area contributed by atoms with Crippen LogP contribution in [0, 0.1) is 11.6 Å². The van der Waals surface area contributed by atoms with Crippen LogP contribution in [0.4, 0.5) is 20.2 Å². The van der Waals surface area contributed by atoms with E-state index in [0.29, 0.717) is 5.69 Å². The lowest BCUT2D eigenvalue weighted by Gasteiger charge is -2.25. The summed E-state index contributed by atoms with van der Waals surface area (Å²) in [5.74, 6) is -2.62. The van der Waals surface area contributed by atoms with Crippen molar-refractivity contribution in [2.24, 2.45) is 0 Å². The Bertz CT molecular complexity index is 770. The number of hydrogen-bond acceptors (Lipinski definition) is 2. The lowest BCUT2D eigenvalue weighted by atomic mass is 10.0. The molecule has 0 aliphatic rings. The number of para-hydroxylation sites is 2. The fraction of sp³-hybridized carbons (Fsp3) is 0.263. The summed E-state index contributed by atoms with van der Waals surface area (Å²) in [4.78, 5) is 25.6. The average Bonchev–Trinajstić information content (AvgIpc) is 2.56. The second kappa shape index (κ2) is 7.88. The van der Waals surface area contributed by atoms with Crippen LogP contribution in [0.2, 0.25) is 0 Å². The van der Waals surface area contributed by atoms with Crippen molar-refractivity contribution in [3.05, 3.63) is 59.7 Å². The van der Waals surface area contributed by atoms with Crippen molar-refractivity contribution in [3.63, 3.8) is 0 Å². The Morgan fingerprint density at radius 3 is 2.20 bits per heavy atom. The summed E-state index contributed by atoms with van der Waals surface area (Å²) in [6.07, 6.45) is 0. The zero-order valence-electron chi connectivity index (χ0n) is 14.3. The molecule has 132 valence electrons. The quantitative estimate of drug-likeness (QED) is 0.887. The molecule has 2 aromatic carbocycles. The molecule has 0 bridgehead atoms. The van der Waals surface area contributed by atoms with Crippen molar-refractivity contribution in [2.45, 2.75) is 26.7 Å². The van der Waals surface area contributed by atoms with Gasteiger partial charge in [-0.1, -0.05) is 38.1 Å². The Morgan fingerprint density at radius 2 is 1.64 bits per heavy atom. The molecule has 0 spiro atoms. The number of carbonyl (C=O) groups is 2. The van der Waals surface area contributed by atoms with E-state index in [1.807, 2.05) is 26.0 Å². The number of rotatable bonds is 5. The van der Waals surface area contributed by atoms with E-state index in [2.05, 4.69) is 5.32 Å². The molecule has 0 fully saturated rings. The monoisotopic (exact) mass is 346 g/mol. The molecule has 0 atom stereocenters. The molecule has 0 heterocycles. The molecular weight excluding hydrogens is 326 g/mol. The maximum absolute atomic E-state index is 13.7. The fourth-order valence-corrected chi connectivity index (χ4v) is 2.53. The van der Waals surface area contributed by atoms with Gasteiger partial charge in [0.1, 0.15) is 23.9 Å². The van der Waals surface area contributed by atoms with Crippen LogP contribution < -0.4 is 10.2 Å². The Morgan fingerprint density at radius 1 is 1.04 bits per heavy atom. The molecule has 2 rings (SSSR count). The molecular formula is C19H20F2N2O2. The fourth-order valence-electron chi connectivity index (χ4n) is 2.53. The summed E-state index contributed by atoms with van der Waals surface area (Å²) in [6.45, 7) is 4.96. The van der Waals surface area contributed by atoms with Crippen molar-refractivity contribution >= 4 is 23.2 Å².